The maximum atomic E-state index is 3.68. The molecule has 0 nitrogen and oxygen atoms in total. The Morgan fingerprint density at radius 2 is 1.38 bits per heavy atom. The summed E-state index contributed by atoms with van der Waals surface area (Å²) in [6, 6.07) is 0. The molecule has 0 aromatic carbocycles. The van der Waals surface area contributed by atoms with E-state index < -0.39 is 31.6 Å². The summed E-state index contributed by atoms with van der Waals surface area (Å²) < 4.78 is 7.76. The Morgan fingerprint density at radius 1 is 1.00 bits per heavy atom. The monoisotopic (exact) mass is 350 g/mol. The first-order chi connectivity index (χ1) is 5.46. The molecule has 0 saturated carbocycles. The van der Waals surface area contributed by atoms with Crippen molar-refractivity contribution in [1.29, 1.82) is 0 Å². The molecular weight excluding hydrogens is 323 g/mol. The first kappa shape index (κ1) is 13.9. The first-order valence-corrected chi connectivity index (χ1v) is 20.9. The van der Waals surface area contributed by atoms with Crippen molar-refractivity contribution in [3.63, 3.8) is 0 Å². The molecule has 0 atom stereocenters. The van der Waals surface area contributed by atoms with Gasteiger partial charge in [-0.1, -0.05) is 0 Å². The van der Waals surface area contributed by atoms with E-state index in [1.54, 1.807) is 0 Å². The molecule has 0 unspecified atom stereocenters. The van der Waals surface area contributed by atoms with Crippen LogP contribution in [0.2, 0.25) is 30.6 Å². The van der Waals surface area contributed by atoms with E-state index in [0.717, 1.165) is 0 Å². The van der Waals surface area contributed by atoms with E-state index in [4.69, 9.17) is 0 Å². The van der Waals surface area contributed by atoms with Crippen LogP contribution in [0.3, 0.4) is 0 Å². The Morgan fingerprint density at radius 3 is 1.62 bits per heavy atom. The van der Waals surface area contributed by atoms with Gasteiger partial charge in [0.15, 0.2) is 0 Å². The molecule has 0 aromatic rings. The van der Waals surface area contributed by atoms with Crippen LogP contribution in [-0.2, 0) is 0 Å². The topological polar surface area (TPSA) is 0 Å². The fourth-order valence-corrected chi connectivity index (χ4v) is 13.2. The molecule has 76 valence electrons. The van der Waals surface area contributed by atoms with Gasteiger partial charge in [0.1, 0.15) is 0 Å². The van der Waals surface area contributed by atoms with Gasteiger partial charge in [-0.25, -0.2) is 0 Å². The van der Waals surface area contributed by atoms with Gasteiger partial charge in [0.25, 0.3) is 0 Å². The minimum absolute atomic E-state index is 0.481. The second-order valence-electron chi connectivity index (χ2n) is 6.38. The summed E-state index contributed by atoms with van der Waals surface area (Å²) in [5, 5.41) is 0. The zero-order valence-electron chi connectivity index (χ0n) is 10.5. The summed E-state index contributed by atoms with van der Waals surface area (Å²) in [5.41, 5.74) is 0. The van der Waals surface area contributed by atoms with Gasteiger partial charge < -0.3 is 0 Å². The quantitative estimate of drug-likeness (QED) is 0.460. The predicted molar refractivity (Wildman–Crippen MR) is 68.3 cm³/mol. The van der Waals surface area contributed by atoms with E-state index in [1.807, 2.05) is 0 Å². The van der Waals surface area contributed by atoms with Crippen LogP contribution in [0.25, 0.3) is 0 Å². The van der Waals surface area contributed by atoms with Crippen molar-refractivity contribution in [2.75, 3.05) is 0 Å². The second-order valence-corrected chi connectivity index (χ2v) is 30.6. The van der Waals surface area contributed by atoms with Crippen molar-refractivity contribution in [2.45, 2.75) is 51.4 Å². The van der Waals surface area contributed by atoms with Crippen molar-refractivity contribution in [3.05, 3.63) is 0 Å². The van der Waals surface area contributed by atoms with Crippen LogP contribution in [0, 0.1) is 8.69 Å². The van der Waals surface area contributed by atoms with Crippen LogP contribution in [0.4, 0.5) is 0 Å². The molecule has 0 aliphatic rings. The van der Waals surface area contributed by atoms with Crippen molar-refractivity contribution >= 4 is 31.6 Å². The molecular formula is C11H24GeSn. The molecule has 0 rings (SSSR count). The molecule has 0 aliphatic heterocycles. The zero-order chi connectivity index (χ0) is 10.9. The molecule has 2 heteroatoms. The van der Waals surface area contributed by atoms with Crippen LogP contribution in [-0.4, -0.2) is 31.6 Å². The number of hydrogen-bond acceptors (Lipinski definition) is 0. The molecule has 13 heavy (non-hydrogen) atoms. The van der Waals surface area contributed by atoms with Crippen molar-refractivity contribution in [3.8, 4) is 8.69 Å². The van der Waals surface area contributed by atoms with Gasteiger partial charge in [-0.15, -0.1) is 0 Å². The van der Waals surface area contributed by atoms with Gasteiger partial charge in [-0.2, -0.15) is 0 Å². The summed E-state index contributed by atoms with van der Waals surface area (Å²) in [7, 11) is 0. The summed E-state index contributed by atoms with van der Waals surface area (Å²) in [6.07, 6.45) is 0. The van der Waals surface area contributed by atoms with Gasteiger partial charge in [0.05, 0.1) is 0 Å². The fraction of sp³-hybridized carbons (Fsp3) is 0.818. The van der Waals surface area contributed by atoms with Crippen molar-refractivity contribution < 1.29 is 0 Å². The van der Waals surface area contributed by atoms with Gasteiger partial charge >= 0.3 is 91.7 Å². The fourth-order valence-electron chi connectivity index (χ4n) is 0.531. The van der Waals surface area contributed by atoms with Crippen LogP contribution in [0.15, 0.2) is 0 Å². The molecule has 0 radical (unpaired) electrons. The average molecular weight is 348 g/mol. The van der Waals surface area contributed by atoms with E-state index in [1.165, 1.54) is 0 Å². The van der Waals surface area contributed by atoms with E-state index in [-0.39, 0.29) is 0 Å². The summed E-state index contributed by atoms with van der Waals surface area (Å²) >= 11 is -3.69. The molecule has 0 heterocycles. The molecule has 0 bridgehead atoms. The minimum atomic E-state index is -2.08. The molecule has 0 N–H and O–H groups in total. The van der Waals surface area contributed by atoms with E-state index in [2.05, 4.69) is 56.6 Å². The molecule has 0 spiro atoms. The number of hydrogen-bond donors (Lipinski definition) is 0. The third-order valence-corrected chi connectivity index (χ3v) is 18.8. The third kappa shape index (κ3) is 5.37. The van der Waals surface area contributed by atoms with E-state index in [9.17, 15) is 0 Å². The van der Waals surface area contributed by atoms with Crippen molar-refractivity contribution in [1.82, 2.24) is 0 Å². The molecule has 0 saturated heterocycles. The van der Waals surface area contributed by atoms with Gasteiger partial charge in [-0.3, -0.25) is 0 Å². The first-order valence-electron chi connectivity index (χ1n) is 5.00. The van der Waals surface area contributed by atoms with Crippen LogP contribution in [0.5, 0.6) is 0 Å². The third-order valence-electron chi connectivity index (χ3n) is 2.62. The Balaban J connectivity index is 4.77. The SMILES string of the molecule is C[C](C)(C)[Sn]([CH3])([CH3])[C]#[C][Ge]([CH3])([CH3])[CH3]. The van der Waals surface area contributed by atoms with E-state index in [0.29, 0.717) is 3.43 Å². The van der Waals surface area contributed by atoms with Gasteiger partial charge in [-0.05, 0) is 0 Å². The average Bonchev–Trinajstić information content (AvgIpc) is 1.79. The second kappa shape index (κ2) is 4.18. The van der Waals surface area contributed by atoms with Crippen LogP contribution < -0.4 is 0 Å². The Hall–Kier alpha value is 0.902. The maximum absolute atomic E-state index is 3.68. The standard InChI is InChI=1S/C5H9Ge.C4H9.2CH3.Sn/c1-5-6(2,3)4;1-4(2)3;;;/h2-4H3;1-3H3;2*1H3;. The molecule has 0 amide bonds. The summed E-state index contributed by atoms with van der Waals surface area (Å²) in [4.78, 5) is 4.91. The van der Waals surface area contributed by atoms with Crippen LogP contribution >= 0.6 is 0 Å². The molecule has 0 aliphatic carbocycles. The molecule has 0 fully saturated rings. The molecule has 0 aromatic heterocycles. The van der Waals surface area contributed by atoms with E-state index >= 15 is 0 Å². The summed E-state index contributed by atoms with van der Waals surface area (Å²) in [6.45, 7) is 7.06. The van der Waals surface area contributed by atoms with Gasteiger partial charge in [0.2, 0.25) is 0 Å². The predicted octanol–water partition coefficient (Wildman–Crippen LogP) is 3.91. The van der Waals surface area contributed by atoms with Crippen molar-refractivity contribution in [2.24, 2.45) is 0 Å². The zero-order valence-corrected chi connectivity index (χ0v) is 15.5. The summed E-state index contributed by atoms with van der Waals surface area (Å²) in [5.74, 6) is 7.12. The Labute approximate surface area is 91.1 Å². The normalized spacial score (nSPS) is 13.5. The van der Waals surface area contributed by atoms with Crippen LogP contribution in [0.1, 0.15) is 20.8 Å². The Bertz CT molecular complexity index is 230. The number of rotatable bonds is 0. The van der Waals surface area contributed by atoms with Gasteiger partial charge in [0, 0.05) is 0 Å². The Kier molecular flexibility index (Phi) is 4.47.